The molecule has 2 aromatic heterocycles. The number of nitrogens with zero attached hydrogens (tertiary/aromatic N) is 8. The standard InChI is InChI=1S/C13H18N8O2/c1-2-23-11-3-4-14-13(16-11)20-7-5-19(6-8-20)12(22)9-21-10-15-17-18-21/h3-4,10H,2,5-9H2,1H3. The number of hydrogen-bond acceptors (Lipinski definition) is 8. The van der Waals surface area contributed by atoms with Gasteiger partial charge in [0, 0.05) is 38.4 Å². The number of rotatable bonds is 5. The fourth-order valence-electron chi connectivity index (χ4n) is 2.36. The summed E-state index contributed by atoms with van der Waals surface area (Å²) >= 11 is 0. The monoisotopic (exact) mass is 318 g/mol. The molecule has 23 heavy (non-hydrogen) atoms. The Kier molecular flexibility index (Phi) is 4.60. The maximum absolute atomic E-state index is 12.2. The molecule has 3 rings (SSSR count). The van der Waals surface area contributed by atoms with Crippen molar-refractivity contribution in [2.75, 3.05) is 37.7 Å². The van der Waals surface area contributed by atoms with E-state index >= 15 is 0 Å². The predicted molar refractivity (Wildman–Crippen MR) is 79.8 cm³/mol. The fraction of sp³-hybridized carbons (Fsp3) is 0.538. The van der Waals surface area contributed by atoms with Crippen LogP contribution in [0.4, 0.5) is 5.95 Å². The van der Waals surface area contributed by atoms with E-state index in [2.05, 4.69) is 25.5 Å². The zero-order chi connectivity index (χ0) is 16.1. The van der Waals surface area contributed by atoms with Gasteiger partial charge in [-0.2, -0.15) is 4.98 Å². The Labute approximate surface area is 133 Å². The molecule has 10 heteroatoms. The van der Waals surface area contributed by atoms with Crippen LogP contribution in [0.15, 0.2) is 18.6 Å². The van der Waals surface area contributed by atoms with Gasteiger partial charge in [-0.05, 0) is 17.4 Å². The first kappa shape index (κ1) is 15.1. The van der Waals surface area contributed by atoms with Crippen molar-refractivity contribution in [3.05, 3.63) is 18.6 Å². The minimum atomic E-state index is 0.000866. The third-order valence-corrected chi connectivity index (χ3v) is 3.51. The van der Waals surface area contributed by atoms with Crippen molar-refractivity contribution in [2.24, 2.45) is 0 Å². The van der Waals surface area contributed by atoms with Gasteiger partial charge < -0.3 is 14.5 Å². The second kappa shape index (κ2) is 6.99. The van der Waals surface area contributed by atoms with Crippen molar-refractivity contribution >= 4 is 11.9 Å². The molecule has 0 unspecified atom stereocenters. The molecule has 0 N–H and O–H groups in total. The van der Waals surface area contributed by atoms with Crippen LogP contribution in [0.2, 0.25) is 0 Å². The number of amides is 1. The average Bonchev–Trinajstić information content (AvgIpc) is 3.08. The Hall–Kier alpha value is -2.78. The number of hydrogen-bond donors (Lipinski definition) is 0. The minimum absolute atomic E-state index is 0.000866. The smallest absolute Gasteiger partial charge is 0.244 e. The van der Waals surface area contributed by atoms with Crippen molar-refractivity contribution in [2.45, 2.75) is 13.5 Å². The van der Waals surface area contributed by atoms with Crippen LogP contribution in [0.25, 0.3) is 0 Å². The molecular formula is C13H18N8O2. The molecule has 0 aromatic carbocycles. The lowest BCUT2D eigenvalue weighted by molar-refractivity contribution is -0.132. The molecule has 1 saturated heterocycles. The number of carbonyl (C=O) groups excluding carboxylic acids is 1. The van der Waals surface area contributed by atoms with Crippen molar-refractivity contribution in [3.8, 4) is 5.88 Å². The number of anilines is 1. The first-order valence-corrected chi connectivity index (χ1v) is 7.45. The van der Waals surface area contributed by atoms with Crippen molar-refractivity contribution in [1.29, 1.82) is 0 Å². The molecule has 0 bridgehead atoms. The molecule has 1 fully saturated rings. The molecule has 0 saturated carbocycles. The summed E-state index contributed by atoms with van der Waals surface area (Å²) in [7, 11) is 0. The summed E-state index contributed by atoms with van der Waals surface area (Å²) in [5.41, 5.74) is 0. The first-order chi connectivity index (χ1) is 11.3. The number of aromatic nitrogens is 6. The zero-order valence-corrected chi connectivity index (χ0v) is 12.9. The predicted octanol–water partition coefficient (Wildman–Crippen LogP) is -0.789. The van der Waals surface area contributed by atoms with E-state index in [-0.39, 0.29) is 12.5 Å². The topological polar surface area (TPSA) is 102 Å². The van der Waals surface area contributed by atoms with Crippen molar-refractivity contribution in [3.63, 3.8) is 0 Å². The molecular weight excluding hydrogens is 300 g/mol. The van der Waals surface area contributed by atoms with E-state index < -0.39 is 0 Å². The van der Waals surface area contributed by atoms with E-state index in [4.69, 9.17) is 4.74 Å². The van der Waals surface area contributed by atoms with Gasteiger partial charge in [0.2, 0.25) is 17.7 Å². The second-order valence-electron chi connectivity index (χ2n) is 5.00. The lowest BCUT2D eigenvalue weighted by atomic mass is 10.3. The maximum atomic E-state index is 12.2. The molecule has 0 atom stereocenters. The lowest BCUT2D eigenvalue weighted by Crippen LogP contribution is -2.50. The summed E-state index contributed by atoms with van der Waals surface area (Å²) in [6.07, 6.45) is 3.11. The van der Waals surface area contributed by atoms with Gasteiger partial charge >= 0.3 is 0 Å². The van der Waals surface area contributed by atoms with Gasteiger partial charge in [-0.15, -0.1) is 5.10 Å². The van der Waals surface area contributed by atoms with Crippen molar-refractivity contribution in [1.82, 2.24) is 35.1 Å². The molecule has 1 amide bonds. The third-order valence-electron chi connectivity index (χ3n) is 3.51. The van der Waals surface area contributed by atoms with Crippen LogP contribution in [0.1, 0.15) is 6.92 Å². The van der Waals surface area contributed by atoms with Gasteiger partial charge in [0.05, 0.1) is 6.61 Å². The summed E-state index contributed by atoms with van der Waals surface area (Å²) < 4.78 is 6.81. The van der Waals surface area contributed by atoms with Gasteiger partial charge in [0.1, 0.15) is 12.9 Å². The number of piperazine rings is 1. The van der Waals surface area contributed by atoms with E-state index in [9.17, 15) is 4.79 Å². The summed E-state index contributed by atoms with van der Waals surface area (Å²) in [5, 5.41) is 10.7. The summed E-state index contributed by atoms with van der Waals surface area (Å²) in [5.74, 6) is 1.19. The Morgan fingerprint density at radius 1 is 1.30 bits per heavy atom. The lowest BCUT2D eigenvalue weighted by Gasteiger charge is -2.34. The molecule has 3 heterocycles. The largest absolute Gasteiger partial charge is 0.478 e. The molecule has 1 aliphatic rings. The van der Waals surface area contributed by atoms with E-state index in [1.807, 2.05) is 11.8 Å². The van der Waals surface area contributed by atoms with Crippen LogP contribution in [0.5, 0.6) is 5.88 Å². The Bertz CT molecular complexity index is 639. The SMILES string of the molecule is CCOc1ccnc(N2CCN(C(=O)Cn3cnnn3)CC2)n1. The highest BCUT2D eigenvalue weighted by Crippen LogP contribution is 2.15. The second-order valence-corrected chi connectivity index (χ2v) is 5.00. The van der Waals surface area contributed by atoms with E-state index in [1.165, 1.54) is 11.0 Å². The van der Waals surface area contributed by atoms with Crippen molar-refractivity contribution < 1.29 is 9.53 Å². The van der Waals surface area contributed by atoms with Crippen LogP contribution in [0.3, 0.4) is 0 Å². The summed E-state index contributed by atoms with van der Waals surface area (Å²) in [4.78, 5) is 24.7. The zero-order valence-electron chi connectivity index (χ0n) is 12.9. The Morgan fingerprint density at radius 3 is 2.83 bits per heavy atom. The molecule has 2 aromatic rings. The van der Waals surface area contributed by atoms with Gasteiger partial charge in [-0.1, -0.05) is 0 Å². The van der Waals surface area contributed by atoms with Crippen LogP contribution in [-0.2, 0) is 11.3 Å². The van der Waals surface area contributed by atoms with Crippen LogP contribution >= 0.6 is 0 Å². The summed E-state index contributed by atoms with van der Waals surface area (Å²) in [6.45, 7) is 5.22. The van der Waals surface area contributed by atoms with Gasteiger partial charge in [0.15, 0.2) is 0 Å². The highest BCUT2D eigenvalue weighted by Gasteiger charge is 2.23. The highest BCUT2D eigenvalue weighted by molar-refractivity contribution is 5.76. The Morgan fingerprint density at radius 2 is 2.13 bits per heavy atom. The molecule has 0 radical (unpaired) electrons. The van der Waals surface area contributed by atoms with E-state index in [0.717, 1.165) is 0 Å². The molecule has 122 valence electrons. The number of ether oxygens (including phenoxy) is 1. The highest BCUT2D eigenvalue weighted by atomic mass is 16.5. The Balaban J connectivity index is 1.55. The number of carbonyl (C=O) groups is 1. The van der Waals surface area contributed by atoms with E-state index in [1.54, 1.807) is 17.2 Å². The molecule has 10 nitrogen and oxygen atoms in total. The van der Waals surface area contributed by atoms with Crippen LogP contribution < -0.4 is 9.64 Å². The number of tetrazole rings is 1. The van der Waals surface area contributed by atoms with Gasteiger partial charge in [-0.3, -0.25) is 4.79 Å². The average molecular weight is 318 g/mol. The quantitative estimate of drug-likeness (QED) is 0.707. The molecule has 1 aliphatic heterocycles. The third kappa shape index (κ3) is 3.71. The van der Waals surface area contributed by atoms with Gasteiger partial charge in [0.25, 0.3) is 0 Å². The maximum Gasteiger partial charge on any atom is 0.244 e. The van der Waals surface area contributed by atoms with E-state index in [0.29, 0.717) is 44.6 Å². The fourth-order valence-corrected chi connectivity index (χ4v) is 2.36. The minimum Gasteiger partial charge on any atom is -0.478 e. The van der Waals surface area contributed by atoms with Crippen LogP contribution in [-0.4, -0.2) is 73.8 Å². The molecule has 0 aliphatic carbocycles. The first-order valence-electron chi connectivity index (χ1n) is 7.45. The van der Waals surface area contributed by atoms with Crippen LogP contribution in [0, 0.1) is 0 Å². The van der Waals surface area contributed by atoms with Gasteiger partial charge in [-0.25, -0.2) is 9.67 Å². The normalized spacial score (nSPS) is 14.8. The summed E-state index contributed by atoms with van der Waals surface area (Å²) in [6, 6.07) is 1.74. The molecule has 0 spiro atoms.